The number of benzene rings is 2. The van der Waals surface area contributed by atoms with Crippen molar-refractivity contribution in [2.24, 2.45) is 0 Å². The third-order valence-electron chi connectivity index (χ3n) is 4.10. The van der Waals surface area contributed by atoms with Crippen molar-refractivity contribution in [3.63, 3.8) is 0 Å². The van der Waals surface area contributed by atoms with Crippen LogP contribution in [0.1, 0.15) is 42.6 Å². The Morgan fingerprint density at radius 3 is 2.55 bits per heavy atom. The summed E-state index contributed by atoms with van der Waals surface area (Å²) in [6, 6.07) is 12.8. The van der Waals surface area contributed by atoms with Gasteiger partial charge in [0.2, 0.25) is 0 Å². The molecule has 2 rings (SSSR count). The summed E-state index contributed by atoms with van der Waals surface area (Å²) >= 11 is 5.26. The number of amides is 1. The van der Waals surface area contributed by atoms with Gasteiger partial charge in [0.25, 0.3) is 5.91 Å². The van der Waals surface area contributed by atoms with Crippen LogP contribution in [-0.4, -0.2) is 31.3 Å². The van der Waals surface area contributed by atoms with E-state index in [-0.39, 0.29) is 11.0 Å². The second-order valence-electron chi connectivity index (χ2n) is 6.25. The van der Waals surface area contributed by atoms with E-state index in [1.165, 1.54) is 0 Å². The van der Waals surface area contributed by atoms with E-state index in [0.29, 0.717) is 42.6 Å². The molecule has 0 aliphatic rings. The molecule has 0 aromatic heterocycles. The quantitative estimate of drug-likeness (QED) is 0.449. The lowest BCUT2D eigenvalue weighted by Crippen LogP contribution is -2.39. The monoisotopic (exact) mass is 416 g/mol. The SMILES string of the molecule is CCCCOc1ccc(CNC(=S)NC(=O)c2ccccc2OCC)cc1OC. The zero-order valence-corrected chi connectivity index (χ0v) is 17.9. The van der Waals surface area contributed by atoms with Crippen molar-refractivity contribution in [2.75, 3.05) is 20.3 Å². The predicted octanol–water partition coefficient (Wildman–Crippen LogP) is 4.08. The first kappa shape index (κ1) is 22.5. The van der Waals surface area contributed by atoms with E-state index in [4.69, 9.17) is 26.4 Å². The largest absolute Gasteiger partial charge is 0.493 e. The molecule has 0 radical (unpaired) electrons. The third-order valence-corrected chi connectivity index (χ3v) is 4.34. The van der Waals surface area contributed by atoms with Crippen LogP contribution in [0, 0.1) is 0 Å². The smallest absolute Gasteiger partial charge is 0.261 e. The van der Waals surface area contributed by atoms with E-state index in [2.05, 4.69) is 17.6 Å². The van der Waals surface area contributed by atoms with Gasteiger partial charge in [0.1, 0.15) is 5.75 Å². The fourth-order valence-corrected chi connectivity index (χ4v) is 2.77. The number of carbonyl (C=O) groups is 1. The summed E-state index contributed by atoms with van der Waals surface area (Å²) < 4.78 is 16.6. The maximum Gasteiger partial charge on any atom is 0.261 e. The van der Waals surface area contributed by atoms with E-state index in [9.17, 15) is 4.79 Å². The molecule has 0 heterocycles. The summed E-state index contributed by atoms with van der Waals surface area (Å²) in [4.78, 5) is 12.5. The van der Waals surface area contributed by atoms with Gasteiger partial charge < -0.3 is 19.5 Å². The zero-order chi connectivity index (χ0) is 21.1. The lowest BCUT2D eigenvalue weighted by atomic mass is 10.2. The number of thiocarbonyl (C=S) groups is 1. The van der Waals surface area contributed by atoms with Gasteiger partial charge in [-0.25, -0.2) is 0 Å². The van der Waals surface area contributed by atoms with Crippen LogP contribution >= 0.6 is 12.2 Å². The number of nitrogens with one attached hydrogen (secondary N) is 2. The fourth-order valence-electron chi connectivity index (χ4n) is 2.60. The minimum absolute atomic E-state index is 0.239. The topological polar surface area (TPSA) is 68.8 Å². The highest BCUT2D eigenvalue weighted by Crippen LogP contribution is 2.28. The standard InChI is InChI=1S/C22H28N2O4S/c1-4-6-13-28-19-12-11-16(14-20(19)26-3)15-23-22(29)24-21(25)17-9-7-8-10-18(17)27-5-2/h7-12,14H,4-6,13,15H2,1-3H3,(H2,23,24,25,29). The molecule has 2 aromatic carbocycles. The number of hydrogen-bond acceptors (Lipinski definition) is 5. The maximum atomic E-state index is 12.5. The van der Waals surface area contributed by atoms with Gasteiger partial charge in [-0.15, -0.1) is 0 Å². The van der Waals surface area contributed by atoms with Gasteiger partial charge in [-0.1, -0.05) is 31.5 Å². The van der Waals surface area contributed by atoms with Crippen molar-refractivity contribution in [2.45, 2.75) is 33.2 Å². The number of ether oxygens (including phenoxy) is 3. The molecular formula is C22H28N2O4S. The van der Waals surface area contributed by atoms with Crippen molar-refractivity contribution < 1.29 is 19.0 Å². The molecule has 0 fully saturated rings. The van der Waals surface area contributed by atoms with Crippen LogP contribution in [0.3, 0.4) is 0 Å². The molecule has 2 N–H and O–H groups in total. The Kier molecular flexibility index (Phi) is 9.24. The number of para-hydroxylation sites is 1. The van der Waals surface area contributed by atoms with Crippen molar-refractivity contribution in [3.8, 4) is 17.2 Å². The molecule has 0 atom stereocenters. The van der Waals surface area contributed by atoms with Crippen molar-refractivity contribution in [1.29, 1.82) is 0 Å². The number of methoxy groups -OCH3 is 1. The van der Waals surface area contributed by atoms with Crippen molar-refractivity contribution >= 4 is 23.2 Å². The minimum Gasteiger partial charge on any atom is -0.493 e. The Labute approximate surface area is 177 Å². The molecule has 0 aliphatic carbocycles. The number of rotatable bonds is 10. The molecule has 0 aliphatic heterocycles. The zero-order valence-electron chi connectivity index (χ0n) is 17.1. The van der Waals surface area contributed by atoms with Crippen LogP contribution in [-0.2, 0) is 6.54 Å². The summed E-state index contributed by atoms with van der Waals surface area (Å²) in [6.45, 7) is 5.57. The molecule has 2 aromatic rings. The summed E-state index contributed by atoms with van der Waals surface area (Å²) in [7, 11) is 1.61. The highest BCUT2D eigenvalue weighted by Gasteiger charge is 2.13. The summed E-state index contributed by atoms with van der Waals surface area (Å²) in [6.07, 6.45) is 2.06. The van der Waals surface area contributed by atoms with Gasteiger partial charge in [0.15, 0.2) is 16.6 Å². The fraction of sp³-hybridized carbons (Fsp3) is 0.364. The molecule has 0 saturated carbocycles. The van der Waals surface area contributed by atoms with Gasteiger partial charge in [-0.2, -0.15) is 0 Å². The Hall–Kier alpha value is -2.80. The Morgan fingerprint density at radius 1 is 1.03 bits per heavy atom. The van der Waals surface area contributed by atoms with Crippen LogP contribution in [0.5, 0.6) is 17.2 Å². The van der Waals surface area contributed by atoms with E-state index >= 15 is 0 Å². The molecule has 156 valence electrons. The second kappa shape index (κ2) is 11.9. The lowest BCUT2D eigenvalue weighted by molar-refractivity contribution is 0.0973. The third kappa shape index (κ3) is 6.94. The highest BCUT2D eigenvalue weighted by molar-refractivity contribution is 7.80. The van der Waals surface area contributed by atoms with E-state index < -0.39 is 0 Å². The first-order valence-corrected chi connectivity index (χ1v) is 10.1. The molecule has 0 bridgehead atoms. The van der Waals surface area contributed by atoms with Crippen molar-refractivity contribution in [1.82, 2.24) is 10.6 Å². The number of carbonyl (C=O) groups excluding carboxylic acids is 1. The molecule has 0 unspecified atom stereocenters. The molecule has 0 spiro atoms. The van der Waals surface area contributed by atoms with Gasteiger partial charge in [-0.05, 0) is 55.4 Å². The van der Waals surface area contributed by atoms with Crippen LogP contribution in [0.2, 0.25) is 0 Å². The van der Waals surface area contributed by atoms with Gasteiger partial charge in [0.05, 0.1) is 25.9 Å². The normalized spacial score (nSPS) is 10.2. The summed E-state index contributed by atoms with van der Waals surface area (Å²) in [5.41, 5.74) is 1.39. The summed E-state index contributed by atoms with van der Waals surface area (Å²) in [5, 5.41) is 5.96. The second-order valence-corrected chi connectivity index (χ2v) is 6.66. The number of hydrogen-bond donors (Lipinski definition) is 2. The first-order chi connectivity index (χ1) is 14.1. The maximum absolute atomic E-state index is 12.5. The molecule has 29 heavy (non-hydrogen) atoms. The van der Waals surface area contributed by atoms with Crippen molar-refractivity contribution in [3.05, 3.63) is 53.6 Å². The summed E-state index contributed by atoms with van der Waals surface area (Å²) in [5.74, 6) is 1.59. The van der Waals surface area contributed by atoms with Crippen LogP contribution < -0.4 is 24.8 Å². The van der Waals surface area contributed by atoms with Gasteiger partial charge >= 0.3 is 0 Å². The van der Waals surface area contributed by atoms with Crippen LogP contribution in [0.15, 0.2) is 42.5 Å². The Bertz CT molecular complexity index is 826. The van der Waals surface area contributed by atoms with E-state index in [1.807, 2.05) is 31.2 Å². The van der Waals surface area contributed by atoms with Crippen LogP contribution in [0.4, 0.5) is 0 Å². The molecule has 1 amide bonds. The van der Waals surface area contributed by atoms with E-state index in [1.54, 1.807) is 25.3 Å². The Morgan fingerprint density at radius 2 is 1.83 bits per heavy atom. The van der Waals surface area contributed by atoms with Gasteiger partial charge in [0, 0.05) is 6.54 Å². The number of unbranched alkanes of at least 4 members (excludes halogenated alkanes) is 1. The highest BCUT2D eigenvalue weighted by atomic mass is 32.1. The Balaban J connectivity index is 1.92. The predicted molar refractivity (Wildman–Crippen MR) is 118 cm³/mol. The lowest BCUT2D eigenvalue weighted by Gasteiger charge is -2.14. The molecular weight excluding hydrogens is 388 g/mol. The molecule has 7 heteroatoms. The first-order valence-electron chi connectivity index (χ1n) is 9.69. The minimum atomic E-state index is -0.316. The molecule has 0 saturated heterocycles. The molecule has 6 nitrogen and oxygen atoms in total. The van der Waals surface area contributed by atoms with Crippen LogP contribution in [0.25, 0.3) is 0 Å². The average molecular weight is 417 g/mol. The van der Waals surface area contributed by atoms with Gasteiger partial charge in [-0.3, -0.25) is 10.1 Å². The average Bonchev–Trinajstić information content (AvgIpc) is 2.73. The van der Waals surface area contributed by atoms with E-state index in [0.717, 1.165) is 18.4 Å².